The van der Waals surface area contributed by atoms with Crippen molar-refractivity contribution in [3.05, 3.63) is 29.8 Å². The summed E-state index contributed by atoms with van der Waals surface area (Å²) in [5, 5.41) is 2.18. The smallest absolute Gasteiger partial charge is 0.305 e. The van der Waals surface area contributed by atoms with Gasteiger partial charge >= 0.3 is 12.3 Å². The summed E-state index contributed by atoms with van der Waals surface area (Å²) < 4.78 is 60.2. The predicted molar refractivity (Wildman–Crippen MR) is 44.6 cm³/mol. The molecule has 2 N–H and O–H groups in total. The maximum Gasteiger partial charge on any atom is 0.485 e. The van der Waals surface area contributed by atoms with Gasteiger partial charge in [0, 0.05) is 6.07 Å². The number of alkyl halides is 3. The fraction of sp³-hybridized carbons (Fsp3) is 0.125. The summed E-state index contributed by atoms with van der Waals surface area (Å²) in [6.07, 6.45) is -4.92. The topological polar surface area (TPSA) is 41.1 Å². The van der Waals surface area contributed by atoms with Crippen LogP contribution in [0.1, 0.15) is 0 Å². The Morgan fingerprint density at radius 2 is 1.81 bits per heavy atom. The highest BCUT2D eigenvalue weighted by Crippen LogP contribution is 2.15. The van der Waals surface area contributed by atoms with Gasteiger partial charge in [-0.05, 0) is 12.1 Å². The largest absolute Gasteiger partial charge is 0.485 e. The van der Waals surface area contributed by atoms with Crippen molar-refractivity contribution in [2.75, 3.05) is 5.32 Å². The van der Waals surface area contributed by atoms with Crippen molar-refractivity contribution in [2.24, 2.45) is 0 Å². The molecule has 0 aliphatic rings. The van der Waals surface area contributed by atoms with Crippen molar-refractivity contribution in [2.45, 2.75) is 6.30 Å². The Morgan fingerprint density at radius 1 is 1.19 bits per heavy atom. The fourth-order valence-electron chi connectivity index (χ4n) is 0.873. The highest BCUT2D eigenvalue weighted by molar-refractivity contribution is 5.89. The molecule has 1 aromatic rings. The molecule has 0 heterocycles. The van der Waals surface area contributed by atoms with Gasteiger partial charge in [-0.25, -0.2) is 18.9 Å². The van der Waals surface area contributed by atoms with Crippen LogP contribution in [0.3, 0.4) is 0 Å². The molecule has 8 heteroatoms. The number of hydrogen-bond donors (Lipinski definition) is 2. The van der Waals surface area contributed by atoms with Crippen LogP contribution in [0.4, 0.5) is 32.4 Å². The Hall–Kier alpha value is -1.86. The fourth-order valence-corrected chi connectivity index (χ4v) is 0.873. The molecule has 2 amide bonds. The van der Waals surface area contributed by atoms with Crippen LogP contribution in [0, 0.1) is 11.6 Å². The first kappa shape index (κ1) is 12.2. The predicted octanol–water partition coefficient (Wildman–Crippen LogP) is 2.61. The number of halogens is 5. The Kier molecular flexibility index (Phi) is 3.31. The lowest BCUT2D eigenvalue weighted by Crippen LogP contribution is -2.40. The molecule has 0 unspecified atom stereocenters. The first-order valence-corrected chi connectivity index (χ1v) is 3.89. The first-order valence-electron chi connectivity index (χ1n) is 3.89. The lowest BCUT2D eigenvalue weighted by molar-refractivity contribution is -0.144. The average molecular weight is 240 g/mol. The van der Waals surface area contributed by atoms with Gasteiger partial charge in [0.1, 0.15) is 11.6 Å². The zero-order valence-corrected chi connectivity index (χ0v) is 7.53. The number of benzene rings is 1. The quantitative estimate of drug-likeness (QED) is 0.575. The summed E-state index contributed by atoms with van der Waals surface area (Å²) in [5.74, 6) is -2.07. The summed E-state index contributed by atoms with van der Waals surface area (Å²) in [6.45, 7) is 0. The van der Waals surface area contributed by atoms with E-state index in [0.717, 1.165) is 12.1 Å². The van der Waals surface area contributed by atoms with Gasteiger partial charge in [-0.15, -0.1) is 0 Å². The number of hydrogen-bond acceptors (Lipinski definition) is 1. The summed E-state index contributed by atoms with van der Waals surface area (Å²) in [7, 11) is 0. The van der Waals surface area contributed by atoms with Gasteiger partial charge in [-0.3, -0.25) is 0 Å². The van der Waals surface area contributed by atoms with Gasteiger partial charge in [0.25, 0.3) is 0 Å². The second-order valence-electron chi connectivity index (χ2n) is 2.70. The summed E-state index contributed by atoms with van der Waals surface area (Å²) in [4.78, 5) is 10.7. The number of rotatable bonds is 1. The van der Waals surface area contributed by atoms with E-state index < -0.39 is 29.7 Å². The third-order valence-electron chi connectivity index (χ3n) is 1.43. The van der Waals surface area contributed by atoms with Gasteiger partial charge in [0.2, 0.25) is 0 Å². The van der Waals surface area contributed by atoms with Crippen molar-refractivity contribution in [1.29, 1.82) is 0 Å². The Labute approximate surface area is 86.3 Å². The normalized spacial score (nSPS) is 11.1. The third-order valence-corrected chi connectivity index (χ3v) is 1.43. The molecule has 16 heavy (non-hydrogen) atoms. The van der Waals surface area contributed by atoms with Gasteiger partial charge in [0.15, 0.2) is 0 Å². The SMILES string of the molecule is O=C(Nc1ccc(F)cc1F)NC(F)(F)F. The lowest BCUT2D eigenvalue weighted by Gasteiger charge is -2.10. The van der Waals surface area contributed by atoms with Crippen molar-refractivity contribution >= 4 is 11.7 Å². The van der Waals surface area contributed by atoms with Crippen LogP contribution in [0.5, 0.6) is 0 Å². The average Bonchev–Trinajstić information content (AvgIpc) is 2.06. The number of carbonyl (C=O) groups excluding carboxylic acids is 1. The molecule has 1 aromatic carbocycles. The number of amides is 2. The molecule has 0 aliphatic heterocycles. The van der Waals surface area contributed by atoms with E-state index in [9.17, 15) is 26.7 Å². The molecule has 0 spiro atoms. The zero-order valence-electron chi connectivity index (χ0n) is 7.53. The second kappa shape index (κ2) is 4.33. The van der Waals surface area contributed by atoms with Crippen molar-refractivity contribution in [3.8, 4) is 0 Å². The number of urea groups is 1. The highest BCUT2D eigenvalue weighted by Gasteiger charge is 2.30. The van der Waals surface area contributed by atoms with Crippen LogP contribution in [-0.4, -0.2) is 12.3 Å². The Morgan fingerprint density at radius 3 is 2.31 bits per heavy atom. The zero-order chi connectivity index (χ0) is 12.3. The first-order chi connectivity index (χ1) is 7.28. The second-order valence-corrected chi connectivity index (χ2v) is 2.70. The standard InChI is InChI=1S/C8H5F5N2O/c9-4-1-2-6(5(10)3-4)14-7(16)15-8(11,12)13/h1-3H,(H2,14,15,16). The summed E-state index contributed by atoms with van der Waals surface area (Å²) >= 11 is 0. The van der Waals surface area contributed by atoms with Gasteiger partial charge in [-0.2, -0.15) is 13.2 Å². The molecule has 0 atom stereocenters. The molecule has 0 aliphatic carbocycles. The van der Waals surface area contributed by atoms with Crippen LogP contribution in [0.2, 0.25) is 0 Å². The molecule has 0 saturated carbocycles. The minimum absolute atomic E-state index is 0.434. The molecule has 0 radical (unpaired) electrons. The van der Waals surface area contributed by atoms with Crippen LogP contribution < -0.4 is 10.6 Å². The van der Waals surface area contributed by atoms with Crippen LogP contribution >= 0.6 is 0 Å². The maximum absolute atomic E-state index is 12.9. The minimum Gasteiger partial charge on any atom is -0.305 e. The molecule has 0 saturated heterocycles. The molecule has 1 rings (SSSR count). The van der Waals surface area contributed by atoms with Gasteiger partial charge < -0.3 is 5.32 Å². The summed E-state index contributed by atoms with van der Waals surface area (Å²) in [5.41, 5.74) is -0.553. The Balaban J connectivity index is 2.70. The van der Waals surface area contributed by atoms with E-state index in [1.807, 2.05) is 0 Å². The monoisotopic (exact) mass is 240 g/mol. The number of nitrogens with one attached hydrogen (secondary N) is 2. The molecule has 3 nitrogen and oxygen atoms in total. The van der Waals surface area contributed by atoms with E-state index in [1.165, 1.54) is 0 Å². The van der Waals surface area contributed by atoms with E-state index >= 15 is 0 Å². The van der Waals surface area contributed by atoms with E-state index in [4.69, 9.17) is 0 Å². The van der Waals surface area contributed by atoms with Crippen LogP contribution in [-0.2, 0) is 0 Å². The van der Waals surface area contributed by atoms with E-state index in [1.54, 1.807) is 5.32 Å². The van der Waals surface area contributed by atoms with Crippen LogP contribution in [0.15, 0.2) is 18.2 Å². The van der Waals surface area contributed by atoms with Gasteiger partial charge in [-0.1, -0.05) is 0 Å². The van der Waals surface area contributed by atoms with Crippen molar-refractivity contribution in [3.63, 3.8) is 0 Å². The molecule has 0 bridgehead atoms. The lowest BCUT2D eigenvalue weighted by atomic mass is 10.3. The summed E-state index contributed by atoms with van der Waals surface area (Å²) in [6, 6.07) is 0.383. The van der Waals surface area contributed by atoms with E-state index in [-0.39, 0.29) is 0 Å². The van der Waals surface area contributed by atoms with Crippen LogP contribution in [0.25, 0.3) is 0 Å². The molecule has 0 fully saturated rings. The third kappa shape index (κ3) is 3.71. The number of anilines is 1. The van der Waals surface area contributed by atoms with Crippen molar-refractivity contribution < 1.29 is 26.7 Å². The maximum atomic E-state index is 12.9. The molecular formula is C8H5F5N2O. The molecule has 0 aromatic heterocycles. The highest BCUT2D eigenvalue weighted by atomic mass is 19.4. The number of carbonyl (C=O) groups is 1. The van der Waals surface area contributed by atoms with Gasteiger partial charge in [0.05, 0.1) is 5.69 Å². The molecular weight excluding hydrogens is 235 g/mol. The van der Waals surface area contributed by atoms with E-state index in [0.29, 0.717) is 11.4 Å². The molecule has 88 valence electrons. The Bertz CT molecular complexity index is 404. The van der Waals surface area contributed by atoms with E-state index in [2.05, 4.69) is 0 Å². The van der Waals surface area contributed by atoms with Crippen molar-refractivity contribution in [1.82, 2.24) is 5.32 Å². The minimum atomic E-state index is -4.92.